The second-order valence-corrected chi connectivity index (χ2v) is 39.8. The normalized spacial score (nSPS) is 11.2. The monoisotopic (exact) mass is 1920 g/mol. The molecule has 0 unspecified atom stereocenters. The molecule has 12 aromatic heterocycles. The molecule has 0 fully saturated rings. The maximum atomic E-state index is 13.2. The van der Waals surface area contributed by atoms with Crippen LogP contribution < -0.4 is 68.9 Å². The number of sulfonamides is 1. The summed E-state index contributed by atoms with van der Waals surface area (Å²) >= 11 is 13.9. The molecule has 4 aromatic carbocycles. The van der Waals surface area contributed by atoms with Crippen molar-refractivity contribution in [3.63, 3.8) is 0 Å². The number of halogens is 3. The fourth-order valence-corrected chi connectivity index (χ4v) is 21.2. The number of rotatable bonds is 24. The van der Waals surface area contributed by atoms with Crippen LogP contribution in [-0.4, -0.2) is 99.2 Å². The number of hydrogen-bond donors (Lipinski definition) is 11. The van der Waals surface area contributed by atoms with Gasteiger partial charge in [0.15, 0.2) is 46.7 Å². The summed E-state index contributed by atoms with van der Waals surface area (Å²) in [4.78, 5) is 101. The predicted octanol–water partition coefficient (Wildman–Crippen LogP) is 21.7. The number of aromatic amines is 1. The van der Waals surface area contributed by atoms with Crippen LogP contribution >= 0.6 is 113 Å². The molecular formula is C83H83F3N22O8S11. The van der Waals surface area contributed by atoms with Gasteiger partial charge in [-0.3, -0.25) is 24.2 Å². The molecule has 0 aliphatic carbocycles. The number of alkyl halides is 3. The molecule has 12 heterocycles. The van der Waals surface area contributed by atoms with E-state index in [-0.39, 0.29) is 44.1 Å². The number of pyridine rings is 2. The van der Waals surface area contributed by atoms with Gasteiger partial charge in [-0.25, -0.2) is 63.4 Å². The van der Waals surface area contributed by atoms with E-state index >= 15 is 0 Å². The van der Waals surface area contributed by atoms with Gasteiger partial charge >= 0.3 is 6.18 Å². The van der Waals surface area contributed by atoms with Gasteiger partial charge in [-0.15, -0.1) is 79.4 Å². The molecule has 14 N–H and O–H groups in total. The van der Waals surface area contributed by atoms with Gasteiger partial charge in [0.1, 0.15) is 22.9 Å². The highest BCUT2D eigenvalue weighted by atomic mass is 32.2. The van der Waals surface area contributed by atoms with Crippen LogP contribution in [0.4, 0.5) is 82.7 Å². The lowest BCUT2D eigenvalue weighted by atomic mass is 9.99. The summed E-state index contributed by atoms with van der Waals surface area (Å²) < 4.78 is 74.2. The minimum absolute atomic E-state index is 0.00790. The summed E-state index contributed by atoms with van der Waals surface area (Å²) in [6.45, 7) is 24.6. The summed E-state index contributed by atoms with van der Waals surface area (Å²) in [7, 11) is -2.19. The Kier molecular flexibility index (Phi) is 30.9. The molecule has 0 radical (unpaired) electrons. The highest BCUT2D eigenvalue weighted by molar-refractivity contribution is 7.89. The highest BCUT2D eigenvalue weighted by Gasteiger charge is 2.39. The number of methoxy groups -OCH3 is 1. The lowest BCUT2D eigenvalue weighted by molar-refractivity contribution is -0.140. The third kappa shape index (κ3) is 25.1. The number of ether oxygens (including phenoxy) is 2. The number of amides is 3. The summed E-state index contributed by atoms with van der Waals surface area (Å²) in [6.07, 6.45) is 1.04. The number of thiazole rings is 10. The number of aromatic nitrogens is 12. The van der Waals surface area contributed by atoms with Gasteiger partial charge in [0, 0.05) is 81.0 Å². The number of fused-ring (bicyclic) bond motifs is 1. The van der Waals surface area contributed by atoms with Crippen LogP contribution in [0.5, 0.6) is 11.5 Å². The summed E-state index contributed by atoms with van der Waals surface area (Å²) in [5.74, 6) is 0.777. The number of nitrogen functional groups attached to an aromatic ring is 1. The molecule has 660 valence electrons. The number of hydrogen-bond acceptors (Lipinski definition) is 35. The Hall–Kier alpha value is -12.0. The molecule has 16 rings (SSSR count). The molecule has 0 atom stereocenters. The van der Waals surface area contributed by atoms with Crippen molar-refractivity contribution >= 4 is 221 Å². The number of primary sulfonamides is 1. The molecular weight excluding hydrogens is 1840 g/mol. The van der Waals surface area contributed by atoms with Crippen LogP contribution in [0.15, 0.2) is 147 Å². The van der Waals surface area contributed by atoms with Gasteiger partial charge in [0.25, 0.3) is 5.56 Å². The van der Waals surface area contributed by atoms with E-state index in [0.717, 1.165) is 147 Å². The van der Waals surface area contributed by atoms with Crippen molar-refractivity contribution in [2.45, 2.75) is 114 Å². The van der Waals surface area contributed by atoms with Crippen molar-refractivity contribution in [3.05, 3.63) is 202 Å². The van der Waals surface area contributed by atoms with Gasteiger partial charge in [0.05, 0.1) is 116 Å². The van der Waals surface area contributed by atoms with Gasteiger partial charge in [-0.2, -0.15) is 13.2 Å². The Morgan fingerprint density at radius 3 is 1.57 bits per heavy atom. The molecule has 0 spiro atoms. The quantitative estimate of drug-likeness (QED) is 0.0268. The zero-order valence-electron chi connectivity index (χ0n) is 70.2. The Labute approximate surface area is 767 Å². The SMILES string of the molecule is CC(=O)Nc1nc(C)c(-c2csc(Nc3ccc[nH]c3=O)n2)s1.CC(=O)Nc1nc(C)c(-c2csc(Nc3cccc4ccccc34)n2)s1.CC(C)Cc1ccc(C(N)=O)cc1Nc1nc(-c2sc(N)nc2C(F)(F)F)cs1.COc1ccncc1Nc1nc(-c2sc(C)nc2C)cs1.Cc1nc(C)c(-c2nc(Nc3cc(S(N)(=O)=O)ccc3OC(C)C)sc2C)s1. The summed E-state index contributed by atoms with van der Waals surface area (Å²) in [5.41, 5.74) is 21.5. The molecule has 0 saturated heterocycles. The van der Waals surface area contributed by atoms with Crippen LogP contribution in [0.2, 0.25) is 0 Å². The third-order valence-corrected chi connectivity index (χ3v) is 27.4. The summed E-state index contributed by atoms with van der Waals surface area (Å²) in [5, 5.41) is 42.7. The largest absolute Gasteiger partial charge is 0.494 e. The molecule has 30 nitrogen and oxygen atoms in total. The number of benzene rings is 4. The fraction of sp³-hybridized carbons (Fsp3) is 0.217. The molecule has 0 aliphatic rings. The van der Waals surface area contributed by atoms with E-state index in [1.54, 1.807) is 101 Å². The van der Waals surface area contributed by atoms with Crippen molar-refractivity contribution in [3.8, 4) is 64.4 Å². The van der Waals surface area contributed by atoms with Crippen LogP contribution in [0.3, 0.4) is 0 Å². The smallest absolute Gasteiger partial charge is 0.434 e. The number of carbonyl (C=O) groups excluding carboxylic acids is 3. The molecule has 3 amide bonds. The Morgan fingerprint density at radius 1 is 0.528 bits per heavy atom. The van der Waals surface area contributed by atoms with E-state index in [1.165, 1.54) is 82.1 Å². The molecule has 0 aliphatic heterocycles. The standard InChI is InChI=1S/C19H16N4OS2.C18H18F3N5OS2.C18H22N4O3S3.C14H13N5O2S2.C14H14N4OS2/c1-11-17(26-19(20-11)21-12(2)24)16-10-25-18(23-16)22-15-9-5-7-13-6-3-4-8-14(13)15;1-8(2)5-9-3-4-10(15(22)27)6-11(9)24-17-25-12(7-28-17)13-14(18(19,20)21)26-16(23)29-13;1-9(2)25-15-7-6-13(28(19,23)24)8-14(15)21-18-22-16(11(4)26-18)17-10(3)20-12(5)27-17;1-7-11(23-14(16-7)17-8(2)20)10-6-22-13(19-10)18-9-4-3-5-15-12(9)21;1-8-13(21-9(2)16-8)11-7-20-14(18-11)17-10-6-15-5-4-12(10)19-3/h3-10H,1-2H3,(H,22,23)(H,20,21,24);3-4,6-8H,5H2,1-2H3,(H2,22,27)(H2,23,26)(H,24,25);6-9H,1-5H3,(H,21,22)(H2,19,23,24);3-6H,1-2H3,(H,15,21)(H,18,19)(H,16,17,20);4-7H,1-3H3,(H,17,18). The second-order valence-electron chi connectivity index (χ2n) is 28.2. The van der Waals surface area contributed by atoms with Gasteiger partial charge < -0.3 is 63.1 Å². The number of primary amides is 1. The number of nitrogens with two attached hydrogens (primary N) is 3. The maximum absolute atomic E-state index is 13.2. The van der Waals surface area contributed by atoms with E-state index in [4.69, 9.17) is 36.0 Å². The minimum Gasteiger partial charge on any atom is -0.494 e. The number of nitrogens with one attached hydrogen (secondary N) is 8. The molecule has 0 saturated carbocycles. The van der Waals surface area contributed by atoms with Crippen LogP contribution in [-0.2, 0) is 32.2 Å². The lowest BCUT2D eigenvalue weighted by Crippen LogP contribution is -2.13. The van der Waals surface area contributed by atoms with Crippen molar-refractivity contribution in [1.29, 1.82) is 0 Å². The Bertz CT molecular complexity index is 6790. The maximum Gasteiger partial charge on any atom is 0.434 e. The van der Waals surface area contributed by atoms with Crippen molar-refractivity contribution < 1.29 is 45.4 Å². The highest BCUT2D eigenvalue weighted by Crippen LogP contribution is 2.45. The summed E-state index contributed by atoms with van der Waals surface area (Å²) in [6, 6.07) is 29.2. The second kappa shape index (κ2) is 41.7. The van der Waals surface area contributed by atoms with E-state index in [2.05, 4.69) is 125 Å². The van der Waals surface area contributed by atoms with Gasteiger partial charge in [-0.1, -0.05) is 90.3 Å². The number of carbonyl (C=O) groups is 3. The lowest BCUT2D eigenvalue weighted by Gasteiger charge is -2.15. The van der Waals surface area contributed by atoms with Crippen LogP contribution in [0, 0.1) is 54.4 Å². The third-order valence-electron chi connectivity index (χ3n) is 17.3. The molecule has 0 bridgehead atoms. The first kappa shape index (κ1) is 94.2. The van der Waals surface area contributed by atoms with Crippen LogP contribution in [0.1, 0.15) is 101 Å². The van der Waals surface area contributed by atoms with E-state index in [1.807, 2.05) is 109 Å². The number of aryl methyl sites for hydroxylation is 7. The minimum atomic E-state index is -4.62. The molecule has 44 heteroatoms. The first-order valence-corrected chi connectivity index (χ1v) is 48.1. The topological polar surface area (TPSA) is 441 Å². The average molecular weight is 1930 g/mol. The zero-order valence-corrected chi connectivity index (χ0v) is 79.2. The predicted molar refractivity (Wildman–Crippen MR) is 513 cm³/mol. The zero-order chi connectivity index (χ0) is 91.3. The van der Waals surface area contributed by atoms with Gasteiger partial charge in [-0.05, 0) is 134 Å². The van der Waals surface area contributed by atoms with E-state index < -0.39 is 27.8 Å². The van der Waals surface area contributed by atoms with Crippen LogP contribution in [0.25, 0.3) is 63.6 Å². The van der Waals surface area contributed by atoms with E-state index in [9.17, 15) is 40.8 Å². The first-order valence-electron chi connectivity index (χ1n) is 38.2. The van der Waals surface area contributed by atoms with Crippen molar-refractivity contribution in [2.75, 3.05) is 50.1 Å². The molecule has 16 aromatic rings. The number of H-pyrrole nitrogens is 1. The van der Waals surface area contributed by atoms with E-state index in [0.29, 0.717) is 60.0 Å². The fourth-order valence-electron chi connectivity index (χ4n) is 12.0. The Morgan fingerprint density at radius 2 is 1.05 bits per heavy atom. The van der Waals surface area contributed by atoms with Crippen molar-refractivity contribution in [2.24, 2.45) is 16.8 Å². The Balaban J connectivity index is 0.000000145. The van der Waals surface area contributed by atoms with Gasteiger partial charge in [0.2, 0.25) is 27.7 Å². The number of anilines is 13. The number of nitrogens with zero attached hydrogens (tertiary/aromatic N) is 11. The average Bonchev–Trinajstić information content (AvgIpc) is 1.64. The molecule has 127 heavy (non-hydrogen) atoms. The first-order chi connectivity index (χ1) is 60.4. The van der Waals surface area contributed by atoms with Crippen molar-refractivity contribution in [1.82, 2.24) is 59.8 Å².